The van der Waals surface area contributed by atoms with Crippen LogP contribution in [0.2, 0.25) is 0 Å². The molecule has 9 nitrogen and oxygen atoms in total. The van der Waals surface area contributed by atoms with E-state index in [0.29, 0.717) is 13.0 Å². The van der Waals surface area contributed by atoms with Gasteiger partial charge in [-0.25, -0.2) is 4.79 Å². The number of methoxy groups -OCH3 is 1. The Kier molecular flexibility index (Phi) is 3.91. The van der Waals surface area contributed by atoms with Gasteiger partial charge < -0.3 is 19.9 Å². The highest BCUT2D eigenvalue weighted by Gasteiger charge is 2.48. The zero-order valence-corrected chi connectivity index (χ0v) is 11.6. The minimum Gasteiger partial charge on any atom is -0.383 e. The monoisotopic (exact) mass is 297 g/mol. The molecule has 0 saturated carbocycles. The third-order valence-electron chi connectivity index (χ3n) is 4.00. The van der Waals surface area contributed by atoms with Crippen LogP contribution >= 0.6 is 0 Å². The quantitative estimate of drug-likeness (QED) is 0.448. The number of nitrogens with zero attached hydrogens (tertiary/aromatic N) is 2. The van der Waals surface area contributed by atoms with Crippen molar-refractivity contribution in [1.82, 2.24) is 15.0 Å². The average Bonchev–Trinajstić information content (AvgIpc) is 2.89. The Hall–Kier alpha value is -1.52. The van der Waals surface area contributed by atoms with Gasteiger partial charge in [0.25, 0.3) is 0 Å². The maximum absolute atomic E-state index is 11.9. The molecule has 3 rings (SSSR count). The van der Waals surface area contributed by atoms with Crippen molar-refractivity contribution in [3.8, 4) is 0 Å². The van der Waals surface area contributed by atoms with Crippen molar-refractivity contribution in [3.05, 3.63) is 22.7 Å². The maximum atomic E-state index is 11.9. The zero-order valence-electron chi connectivity index (χ0n) is 11.6. The molecule has 3 heterocycles. The number of hydrazine groups is 1. The molecule has 2 fully saturated rings. The SMILES string of the molecule is COC1CO[C@H]2CC(n3ccc(N)nc3=O)OC2C1NN. The van der Waals surface area contributed by atoms with Crippen molar-refractivity contribution in [1.29, 1.82) is 0 Å². The molecule has 9 heteroatoms. The summed E-state index contributed by atoms with van der Waals surface area (Å²) in [7, 11) is 1.60. The first-order valence-corrected chi connectivity index (χ1v) is 6.74. The Morgan fingerprint density at radius 1 is 1.57 bits per heavy atom. The van der Waals surface area contributed by atoms with Gasteiger partial charge in [-0.1, -0.05) is 0 Å². The lowest BCUT2D eigenvalue weighted by Crippen LogP contribution is -2.60. The van der Waals surface area contributed by atoms with Gasteiger partial charge in [0, 0.05) is 19.7 Å². The molecule has 2 aliphatic rings. The van der Waals surface area contributed by atoms with Crippen LogP contribution in [0, 0.1) is 0 Å². The van der Waals surface area contributed by atoms with Crippen LogP contribution in [-0.4, -0.2) is 47.6 Å². The lowest BCUT2D eigenvalue weighted by atomic mass is 9.97. The van der Waals surface area contributed by atoms with Gasteiger partial charge in [0.1, 0.15) is 18.1 Å². The van der Waals surface area contributed by atoms with E-state index < -0.39 is 11.9 Å². The summed E-state index contributed by atoms with van der Waals surface area (Å²) in [5, 5.41) is 0. The molecule has 0 amide bonds. The van der Waals surface area contributed by atoms with E-state index in [1.54, 1.807) is 19.4 Å². The first-order chi connectivity index (χ1) is 10.1. The van der Waals surface area contributed by atoms with E-state index in [9.17, 15) is 4.79 Å². The molecule has 0 bridgehead atoms. The fourth-order valence-electron chi connectivity index (χ4n) is 2.91. The zero-order chi connectivity index (χ0) is 15.0. The Morgan fingerprint density at radius 3 is 3.05 bits per heavy atom. The largest absolute Gasteiger partial charge is 0.383 e. The van der Waals surface area contributed by atoms with E-state index >= 15 is 0 Å². The second-order valence-electron chi connectivity index (χ2n) is 5.17. The lowest BCUT2D eigenvalue weighted by molar-refractivity contribution is -0.143. The topological polar surface area (TPSA) is 127 Å². The second kappa shape index (κ2) is 5.70. The van der Waals surface area contributed by atoms with Gasteiger partial charge in [-0.3, -0.25) is 15.8 Å². The number of fused-ring (bicyclic) bond motifs is 1. The molecule has 116 valence electrons. The highest BCUT2D eigenvalue weighted by Crippen LogP contribution is 2.35. The summed E-state index contributed by atoms with van der Waals surface area (Å²) in [6, 6.07) is 1.36. The predicted octanol–water partition coefficient (Wildman–Crippen LogP) is -1.64. The van der Waals surface area contributed by atoms with Gasteiger partial charge in [0.2, 0.25) is 0 Å². The van der Waals surface area contributed by atoms with Crippen LogP contribution in [0.4, 0.5) is 5.82 Å². The van der Waals surface area contributed by atoms with E-state index in [2.05, 4.69) is 10.4 Å². The molecular weight excluding hydrogens is 278 g/mol. The number of hydrogen-bond donors (Lipinski definition) is 3. The van der Waals surface area contributed by atoms with Gasteiger partial charge in [-0.15, -0.1) is 0 Å². The van der Waals surface area contributed by atoms with Gasteiger partial charge in [-0.2, -0.15) is 4.98 Å². The van der Waals surface area contributed by atoms with Crippen molar-refractivity contribution in [2.45, 2.75) is 37.0 Å². The highest BCUT2D eigenvalue weighted by atomic mass is 16.6. The molecule has 0 aromatic carbocycles. The van der Waals surface area contributed by atoms with E-state index in [0.717, 1.165) is 0 Å². The molecular formula is C12H19N5O4. The molecule has 5 atom stereocenters. The summed E-state index contributed by atoms with van der Waals surface area (Å²) in [5.41, 5.74) is 7.76. The van der Waals surface area contributed by atoms with Crippen LogP contribution in [0.15, 0.2) is 17.1 Å². The second-order valence-corrected chi connectivity index (χ2v) is 5.17. The van der Waals surface area contributed by atoms with Crippen molar-refractivity contribution >= 4 is 5.82 Å². The van der Waals surface area contributed by atoms with E-state index in [-0.39, 0.29) is 30.2 Å². The first-order valence-electron chi connectivity index (χ1n) is 6.74. The van der Waals surface area contributed by atoms with Crippen molar-refractivity contribution in [2.24, 2.45) is 5.84 Å². The third-order valence-corrected chi connectivity index (χ3v) is 4.00. The smallest absolute Gasteiger partial charge is 0.351 e. The number of hydrogen-bond acceptors (Lipinski definition) is 8. The summed E-state index contributed by atoms with van der Waals surface area (Å²) >= 11 is 0. The Morgan fingerprint density at radius 2 is 2.38 bits per heavy atom. The van der Waals surface area contributed by atoms with E-state index in [1.807, 2.05) is 0 Å². The van der Waals surface area contributed by atoms with Crippen LogP contribution in [-0.2, 0) is 14.2 Å². The van der Waals surface area contributed by atoms with Crippen LogP contribution in [0.1, 0.15) is 12.6 Å². The number of nitrogens with two attached hydrogens (primary N) is 2. The number of nitrogen functional groups attached to an aromatic ring is 1. The van der Waals surface area contributed by atoms with Crippen LogP contribution in [0.25, 0.3) is 0 Å². The molecule has 0 aliphatic carbocycles. The van der Waals surface area contributed by atoms with Crippen molar-refractivity contribution in [3.63, 3.8) is 0 Å². The molecule has 0 spiro atoms. The van der Waals surface area contributed by atoms with Gasteiger partial charge in [0.05, 0.1) is 24.9 Å². The number of rotatable bonds is 3. The summed E-state index contributed by atoms with van der Waals surface area (Å²) < 4.78 is 18.4. The van der Waals surface area contributed by atoms with Gasteiger partial charge >= 0.3 is 5.69 Å². The Balaban J connectivity index is 1.82. The Bertz CT molecular complexity index is 565. The number of nitrogens with one attached hydrogen (secondary N) is 1. The molecule has 1 aromatic heterocycles. The first kappa shape index (κ1) is 14.4. The molecule has 5 N–H and O–H groups in total. The Labute approximate surface area is 121 Å². The number of anilines is 1. The van der Waals surface area contributed by atoms with E-state index in [1.165, 1.54) is 4.57 Å². The normalized spacial score (nSPS) is 35.6. The summed E-state index contributed by atoms with van der Waals surface area (Å²) in [6.45, 7) is 0.428. The van der Waals surface area contributed by atoms with Gasteiger partial charge in [-0.05, 0) is 6.07 Å². The van der Waals surface area contributed by atoms with Crippen LogP contribution in [0.5, 0.6) is 0 Å². The summed E-state index contributed by atoms with van der Waals surface area (Å²) in [6.07, 6.45) is 1.04. The van der Waals surface area contributed by atoms with Crippen LogP contribution in [0.3, 0.4) is 0 Å². The molecule has 2 saturated heterocycles. The van der Waals surface area contributed by atoms with Crippen molar-refractivity contribution < 1.29 is 14.2 Å². The van der Waals surface area contributed by atoms with Crippen LogP contribution < -0.4 is 22.7 Å². The number of aromatic nitrogens is 2. The molecule has 0 radical (unpaired) electrons. The van der Waals surface area contributed by atoms with Crippen molar-refractivity contribution in [2.75, 3.05) is 19.5 Å². The standard InChI is InChI=1S/C12H19N5O4/c1-19-7-5-20-6-4-9(21-11(6)10(7)16-14)17-3-2-8(13)15-12(17)18/h2-3,6-7,9-11,16H,4-5,14H2,1H3,(H2,13,15,18)/t6-,7?,9?,10?,11?/m0/s1. The minimum atomic E-state index is -0.452. The molecule has 2 aliphatic heterocycles. The molecule has 4 unspecified atom stereocenters. The molecule has 21 heavy (non-hydrogen) atoms. The maximum Gasteiger partial charge on any atom is 0.351 e. The fourth-order valence-corrected chi connectivity index (χ4v) is 2.91. The predicted molar refractivity (Wildman–Crippen MR) is 73.1 cm³/mol. The lowest BCUT2D eigenvalue weighted by Gasteiger charge is -2.37. The van der Waals surface area contributed by atoms with Gasteiger partial charge in [0.15, 0.2) is 0 Å². The van der Waals surface area contributed by atoms with E-state index in [4.69, 9.17) is 25.8 Å². The minimum absolute atomic E-state index is 0.146. The highest BCUT2D eigenvalue weighted by molar-refractivity contribution is 5.23. The third kappa shape index (κ3) is 2.54. The fraction of sp³-hybridized carbons (Fsp3) is 0.667. The average molecular weight is 297 g/mol. The summed E-state index contributed by atoms with van der Waals surface area (Å²) in [4.78, 5) is 15.6. The molecule has 1 aromatic rings. The number of ether oxygens (including phenoxy) is 3. The summed E-state index contributed by atoms with van der Waals surface area (Å²) in [5.74, 6) is 5.78.